The van der Waals surface area contributed by atoms with Crippen LogP contribution >= 0.6 is 0 Å². The van der Waals surface area contributed by atoms with Crippen molar-refractivity contribution in [2.75, 3.05) is 12.8 Å². The molecule has 2 rings (SSSR count). The maximum absolute atomic E-state index is 11.4. The number of non-ortho nitro benzene ring substituents is 1. The number of nitro groups is 1. The molecule has 0 spiro atoms. The lowest BCUT2D eigenvalue weighted by Crippen LogP contribution is -2.29. The zero-order valence-corrected chi connectivity index (χ0v) is 12.2. The Bertz CT molecular complexity index is 959. The Hall–Kier alpha value is -2.53. The first-order valence-corrected chi connectivity index (χ1v) is 7.95. The van der Waals surface area contributed by atoms with Gasteiger partial charge in [-0.2, -0.15) is 0 Å². The van der Waals surface area contributed by atoms with Crippen LogP contribution in [0.1, 0.15) is 5.56 Å². The molecule has 0 radical (unpaired) electrons. The van der Waals surface area contributed by atoms with Gasteiger partial charge >= 0.3 is 11.1 Å². The molecular formula is C11H12N4O6S. The van der Waals surface area contributed by atoms with E-state index < -0.39 is 26.1 Å². The number of aromatic amines is 2. The highest BCUT2D eigenvalue weighted by Crippen LogP contribution is 2.21. The summed E-state index contributed by atoms with van der Waals surface area (Å²) in [6.45, 7) is -0.00371. The van der Waals surface area contributed by atoms with Crippen LogP contribution < -0.4 is 15.8 Å². The van der Waals surface area contributed by atoms with E-state index in [9.17, 15) is 28.1 Å². The van der Waals surface area contributed by atoms with Gasteiger partial charge in [-0.25, -0.2) is 13.1 Å². The summed E-state index contributed by atoms with van der Waals surface area (Å²) in [4.78, 5) is 37.6. The largest absolute Gasteiger partial charge is 0.316 e. The van der Waals surface area contributed by atoms with Gasteiger partial charge in [0.05, 0.1) is 22.2 Å². The maximum Gasteiger partial charge on any atom is 0.314 e. The number of nitrogens with zero attached hydrogens (tertiary/aromatic N) is 1. The van der Waals surface area contributed by atoms with Crippen molar-refractivity contribution in [2.45, 2.75) is 6.42 Å². The highest BCUT2D eigenvalue weighted by molar-refractivity contribution is 7.88. The Morgan fingerprint density at radius 3 is 2.45 bits per heavy atom. The van der Waals surface area contributed by atoms with Crippen molar-refractivity contribution < 1.29 is 13.3 Å². The number of H-pyrrole nitrogens is 2. The van der Waals surface area contributed by atoms with Gasteiger partial charge in [-0.15, -0.1) is 0 Å². The Balaban J connectivity index is 2.54. The van der Waals surface area contributed by atoms with E-state index in [1.807, 2.05) is 0 Å². The predicted molar refractivity (Wildman–Crippen MR) is 78.4 cm³/mol. The first kappa shape index (κ1) is 15.9. The highest BCUT2D eigenvalue weighted by atomic mass is 32.2. The Morgan fingerprint density at radius 1 is 1.23 bits per heavy atom. The summed E-state index contributed by atoms with van der Waals surface area (Å²) in [5, 5.41) is 10.9. The van der Waals surface area contributed by atoms with Crippen LogP contribution in [-0.2, 0) is 16.4 Å². The van der Waals surface area contributed by atoms with Crippen LogP contribution in [0.5, 0.6) is 0 Å². The average Bonchev–Trinajstić information content (AvgIpc) is 2.38. The second-order valence-electron chi connectivity index (χ2n) is 4.61. The molecular weight excluding hydrogens is 316 g/mol. The van der Waals surface area contributed by atoms with Gasteiger partial charge in [0.15, 0.2) is 0 Å². The zero-order valence-electron chi connectivity index (χ0n) is 11.4. The average molecular weight is 328 g/mol. The normalized spacial score (nSPS) is 11.7. The van der Waals surface area contributed by atoms with E-state index in [0.29, 0.717) is 5.56 Å². The second-order valence-corrected chi connectivity index (χ2v) is 6.44. The van der Waals surface area contributed by atoms with Crippen molar-refractivity contribution in [2.24, 2.45) is 0 Å². The number of fused-ring (bicyclic) bond motifs is 1. The van der Waals surface area contributed by atoms with E-state index in [1.165, 1.54) is 6.07 Å². The molecule has 0 bridgehead atoms. The summed E-state index contributed by atoms with van der Waals surface area (Å²) in [5.74, 6) is 0. The van der Waals surface area contributed by atoms with Crippen molar-refractivity contribution in [3.8, 4) is 0 Å². The van der Waals surface area contributed by atoms with E-state index in [-0.39, 0.29) is 29.7 Å². The summed E-state index contributed by atoms with van der Waals surface area (Å²) in [6, 6.07) is 2.35. The number of sulfonamides is 1. The van der Waals surface area contributed by atoms with Gasteiger partial charge in [0, 0.05) is 18.7 Å². The molecule has 0 fully saturated rings. The molecule has 0 amide bonds. The zero-order chi connectivity index (χ0) is 16.5. The Labute approximate surface area is 123 Å². The molecule has 11 heteroatoms. The third-order valence-corrected chi connectivity index (χ3v) is 3.60. The molecule has 0 saturated heterocycles. The smallest absolute Gasteiger partial charge is 0.314 e. The monoisotopic (exact) mass is 328 g/mol. The van der Waals surface area contributed by atoms with E-state index >= 15 is 0 Å². The molecule has 1 aromatic carbocycles. The topological polar surface area (TPSA) is 155 Å². The van der Waals surface area contributed by atoms with E-state index in [2.05, 4.69) is 14.7 Å². The molecule has 118 valence electrons. The number of hydrogen-bond acceptors (Lipinski definition) is 6. The second kappa shape index (κ2) is 5.69. The fourth-order valence-electron chi connectivity index (χ4n) is 1.95. The van der Waals surface area contributed by atoms with Crippen LogP contribution in [0, 0.1) is 10.1 Å². The molecule has 0 aliphatic carbocycles. The van der Waals surface area contributed by atoms with Gasteiger partial charge in [-0.3, -0.25) is 19.7 Å². The number of aromatic nitrogens is 2. The van der Waals surface area contributed by atoms with Crippen LogP contribution in [-0.4, -0.2) is 36.1 Å². The van der Waals surface area contributed by atoms with Gasteiger partial charge < -0.3 is 9.97 Å². The minimum absolute atomic E-state index is 0.00371. The standard InChI is InChI=1S/C11H12N4O6S/c1-22(20,21)12-3-2-6-4-7(15(18)19)5-8-9(6)14-11(17)10(16)13-8/h4-5,12H,2-3H2,1H3,(H,13,16)(H,14,17). The van der Waals surface area contributed by atoms with E-state index in [0.717, 1.165) is 12.3 Å². The van der Waals surface area contributed by atoms with Crippen molar-refractivity contribution in [1.29, 1.82) is 0 Å². The number of rotatable bonds is 5. The summed E-state index contributed by atoms with van der Waals surface area (Å²) in [7, 11) is -3.40. The van der Waals surface area contributed by atoms with Crippen LogP contribution in [0.15, 0.2) is 21.7 Å². The number of hydrogen-bond donors (Lipinski definition) is 3. The SMILES string of the molecule is CS(=O)(=O)NCCc1cc([N+](=O)[O-])cc2[nH]c(=O)c(=O)[nH]c12. The molecule has 3 N–H and O–H groups in total. The van der Waals surface area contributed by atoms with Crippen LogP contribution in [0.25, 0.3) is 11.0 Å². The van der Waals surface area contributed by atoms with Gasteiger partial charge in [-0.05, 0) is 12.0 Å². The third kappa shape index (κ3) is 3.56. The molecule has 0 atom stereocenters. The van der Waals surface area contributed by atoms with Gasteiger partial charge in [0.2, 0.25) is 10.0 Å². The van der Waals surface area contributed by atoms with Crippen molar-refractivity contribution in [3.05, 3.63) is 48.5 Å². The molecule has 2 aromatic rings. The van der Waals surface area contributed by atoms with E-state index in [4.69, 9.17) is 0 Å². The lowest BCUT2D eigenvalue weighted by molar-refractivity contribution is -0.384. The Kier molecular flexibility index (Phi) is 4.10. The van der Waals surface area contributed by atoms with Gasteiger partial charge in [0.1, 0.15) is 0 Å². The molecule has 10 nitrogen and oxygen atoms in total. The lowest BCUT2D eigenvalue weighted by atomic mass is 10.1. The summed E-state index contributed by atoms with van der Waals surface area (Å²) in [5.41, 5.74) is -1.41. The Morgan fingerprint density at radius 2 is 1.86 bits per heavy atom. The van der Waals surface area contributed by atoms with Crippen LogP contribution in [0.3, 0.4) is 0 Å². The van der Waals surface area contributed by atoms with Crippen molar-refractivity contribution >= 4 is 26.7 Å². The number of nitrogens with one attached hydrogen (secondary N) is 3. The fourth-order valence-corrected chi connectivity index (χ4v) is 2.43. The van der Waals surface area contributed by atoms with E-state index in [1.54, 1.807) is 0 Å². The molecule has 0 aliphatic heterocycles. The predicted octanol–water partition coefficient (Wildman–Crippen LogP) is -0.784. The maximum atomic E-state index is 11.4. The molecule has 0 saturated carbocycles. The summed E-state index contributed by atoms with van der Waals surface area (Å²) in [6.07, 6.45) is 1.09. The molecule has 0 aliphatic rings. The number of benzene rings is 1. The first-order chi connectivity index (χ1) is 10.2. The molecule has 22 heavy (non-hydrogen) atoms. The van der Waals surface area contributed by atoms with Crippen LogP contribution in [0.4, 0.5) is 5.69 Å². The summed E-state index contributed by atoms with van der Waals surface area (Å²) < 4.78 is 24.3. The molecule has 1 heterocycles. The van der Waals surface area contributed by atoms with Gasteiger partial charge in [0.25, 0.3) is 5.69 Å². The fraction of sp³-hybridized carbons (Fsp3) is 0.273. The number of nitro benzene ring substituents is 1. The summed E-state index contributed by atoms with van der Waals surface area (Å²) >= 11 is 0. The lowest BCUT2D eigenvalue weighted by Gasteiger charge is -2.07. The van der Waals surface area contributed by atoms with Crippen molar-refractivity contribution in [1.82, 2.24) is 14.7 Å². The minimum atomic E-state index is -3.40. The highest BCUT2D eigenvalue weighted by Gasteiger charge is 2.14. The third-order valence-electron chi connectivity index (χ3n) is 2.87. The molecule has 0 unspecified atom stereocenters. The van der Waals surface area contributed by atoms with Crippen molar-refractivity contribution in [3.63, 3.8) is 0 Å². The van der Waals surface area contributed by atoms with Crippen LogP contribution in [0.2, 0.25) is 0 Å². The molecule has 1 aromatic heterocycles. The first-order valence-electron chi connectivity index (χ1n) is 6.05. The van der Waals surface area contributed by atoms with Gasteiger partial charge in [-0.1, -0.05) is 0 Å². The minimum Gasteiger partial charge on any atom is -0.316 e. The quantitative estimate of drug-likeness (QED) is 0.371.